The maximum absolute atomic E-state index is 12.6. The first-order chi connectivity index (χ1) is 12.1. The fraction of sp³-hybridized carbons (Fsp3) is 0.500. The maximum atomic E-state index is 12.6. The third kappa shape index (κ3) is 3.98. The van der Waals surface area contributed by atoms with E-state index in [1.165, 1.54) is 18.2 Å². The van der Waals surface area contributed by atoms with Crippen LogP contribution in [0, 0.1) is 0 Å². The van der Waals surface area contributed by atoms with E-state index in [-0.39, 0.29) is 11.7 Å². The molecule has 0 spiro atoms. The number of piperidine rings is 1. The minimum absolute atomic E-state index is 0.186. The average Bonchev–Trinajstić information content (AvgIpc) is 3.01. The summed E-state index contributed by atoms with van der Waals surface area (Å²) in [5.41, 5.74) is 0.882. The number of carbonyl (C=O) groups excluding carboxylic acids is 1. The van der Waals surface area contributed by atoms with E-state index in [1.807, 2.05) is 16.5 Å². The lowest BCUT2D eigenvalue weighted by atomic mass is 10.0. The molecule has 1 N–H and O–H groups in total. The summed E-state index contributed by atoms with van der Waals surface area (Å²) in [6.07, 6.45) is 4.45. The number of hydrogen-bond acceptors (Lipinski definition) is 5. The van der Waals surface area contributed by atoms with Gasteiger partial charge in [0.1, 0.15) is 5.75 Å². The molecule has 25 heavy (non-hydrogen) atoms. The van der Waals surface area contributed by atoms with Crippen LogP contribution in [0.4, 0.5) is 0 Å². The number of amides is 1. The van der Waals surface area contributed by atoms with Gasteiger partial charge in [0.25, 0.3) is 0 Å². The van der Waals surface area contributed by atoms with Crippen molar-refractivity contribution in [1.82, 2.24) is 19.7 Å². The lowest BCUT2D eigenvalue weighted by Crippen LogP contribution is -2.44. The third-order valence-electron chi connectivity index (χ3n) is 4.70. The number of benzene rings is 1. The fourth-order valence-electron chi connectivity index (χ4n) is 3.27. The van der Waals surface area contributed by atoms with Crippen molar-refractivity contribution >= 4 is 17.7 Å². The average molecular weight is 360 g/mol. The van der Waals surface area contributed by atoms with Gasteiger partial charge in [0.15, 0.2) is 11.0 Å². The molecular weight excluding hydrogens is 336 g/mol. The molecule has 1 aromatic heterocycles. The Bertz CT molecular complexity index is 729. The number of aromatic hydroxyl groups is 1. The summed E-state index contributed by atoms with van der Waals surface area (Å²) in [5.74, 6) is 1.51. The zero-order chi connectivity index (χ0) is 17.8. The minimum Gasteiger partial charge on any atom is -0.508 e. The van der Waals surface area contributed by atoms with Gasteiger partial charge in [-0.15, -0.1) is 10.2 Å². The van der Waals surface area contributed by atoms with Gasteiger partial charge in [-0.25, -0.2) is 0 Å². The Morgan fingerprint density at radius 1 is 1.28 bits per heavy atom. The quantitative estimate of drug-likeness (QED) is 0.830. The molecule has 1 amide bonds. The highest BCUT2D eigenvalue weighted by Crippen LogP contribution is 2.25. The number of rotatable bonds is 5. The standard InChI is InChI=1S/C18H24N4O2S/c1-3-14-6-4-5-11-22(14)16(24)12-25-18-20-19-17(21(18)2)13-7-9-15(23)10-8-13/h7-10,14,23H,3-6,11-12H2,1-2H3. The van der Waals surface area contributed by atoms with Crippen LogP contribution >= 0.6 is 11.8 Å². The number of likely N-dealkylation sites (tertiary alicyclic amines) is 1. The molecule has 134 valence electrons. The van der Waals surface area contributed by atoms with Crippen molar-refractivity contribution in [2.75, 3.05) is 12.3 Å². The summed E-state index contributed by atoms with van der Waals surface area (Å²) >= 11 is 1.43. The van der Waals surface area contributed by atoms with Crippen LogP contribution in [0.3, 0.4) is 0 Å². The number of hydrogen-bond donors (Lipinski definition) is 1. The Morgan fingerprint density at radius 2 is 2.04 bits per heavy atom. The lowest BCUT2D eigenvalue weighted by Gasteiger charge is -2.35. The van der Waals surface area contributed by atoms with Crippen molar-refractivity contribution < 1.29 is 9.90 Å². The third-order valence-corrected chi connectivity index (χ3v) is 5.71. The molecule has 0 radical (unpaired) electrons. The summed E-state index contributed by atoms with van der Waals surface area (Å²) < 4.78 is 1.89. The Kier molecular flexibility index (Phi) is 5.63. The van der Waals surface area contributed by atoms with Crippen LogP contribution in [0.1, 0.15) is 32.6 Å². The lowest BCUT2D eigenvalue weighted by molar-refractivity contribution is -0.132. The van der Waals surface area contributed by atoms with Crippen molar-refractivity contribution in [2.45, 2.75) is 43.8 Å². The number of phenols is 1. The van der Waals surface area contributed by atoms with Gasteiger partial charge in [0.05, 0.1) is 5.75 Å². The largest absolute Gasteiger partial charge is 0.508 e. The predicted octanol–water partition coefficient (Wildman–Crippen LogP) is 3.07. The number of carbonyl (C=O) groups is 1. The highest BCUT2D eigenvalue weighted by Gasteiger charge is 2.25. The van der Waals surface area contributed by atoms with E-state index < -0.39 is 0 Å². The smallest absolute Gasteiger partial charge is 0.233 e. The molecule has 0 aliphatic carbocycles. The van der Waals surface area contributed by atoms with Crippen LogP contribution < -0.4 is 0 Å². The Labute approximate surface area is 152 Å². The molecule has 7 heteroatoms. The first-order valence-electron chi connectivity index (χ1n) is 8.71. The summed E-state index contributed by atoms with van der Waals surface area (Å²) in [6, 6.07) is 7.24. The Morgan fingerprint density at radius 3 is 2.76 bits per heavy atom. The monoisotopic (exact) mass is 360 g/mol. The summed E-state index contributed by atoms with van der Waals surface area (Å²) in [4.78, 5) is 14.6. The topological polar surface area (TPSA) is 71.2 Å². The van der Waals surface area contributed by atoms with Gasteiger partial charge in [-0.2, -0.15) is 0 Å². The maximum Gasteiger partial charge on any atom is 0.233 e. The molecule has 1 aliphatic heterocycles. The highest BCUT2D eigenvalue weighted by atomic mass is 32.2. The minimum atomic E-state index is 0.186. The van der Waals surface area contributed by atoms with Gasteiger partial charge in [0, 0.05) is 25.2 Å². The summed E-state index contributed by atoms with van der Waals surface area (Å²) in [7, 11) is 1.89. The van der Waals surface area contributed by atoms with Crippen LogP contribution in [0.5, 0.6) is 5.75 Å². The van der Waals surface area contributed by atoms with E-state index in [2.05, 4.69) is 17.1 Å². The first-order valence-corrected chi connectivity index (χ1v) is 9.69. The molecule has 1 unspecified atom stereocenters. The summed E-state index contributed by atoms with van der Waals surface area (Å²) in [5, 5.41) is 18.6. The van der Waals surface area contributed by atoms with E-state index in [0.29, 0.717) is 11.8 Å². The SMILES string of the molecule is CCC1CCCCN1C(=O)CSc1nnc(-c2ccc(O)cc2)n1C. The Balaban J connectivity index is 1.65. The molecule has 3 rings (SSSR count). The highest BCUT2D eigenvalue weighted by molar-refractivity contribution is 7.99. The van der Waals surface area contributed by atoms with Gasteiger partial charge >= 0.3 is 0 Å². The fourth-order valence-corrected chi connectivity index (χ4v) is 4.06. The van der Waals surface area contributed by atoms with Crippen molar-refractivity contribution in [1.29, 1.82) is 0 Å². The van der Waals surface area contributed by atoms with E-state index in [0.717, 1.165) is 42.4 Å². The molecule has 1 saturated heterocycles. The molecular formula is C18H24N4O2S. The van der Waals surface area contributed by atoms with Crippen molar-refractivity contribution in [3.63, 3.8) is 0 Å². The second-order valence-electron chi connectivity index (χ2n) is 6.35. The number of nitrogens with zero attached hydrogens (tertiary/aromatic N) is 4. The van der Waals surface area contributed by atoms with Crippen LogP contribution in [-0.2, 0) is 11.8 Å². The van der Waals surface area contributed by atoms with Crippen molar-refractivity contribution in [3.05, 3.63) is 24.3 Å². The molecule has 0 saturated carbocycles. The van der Waals surface area contributed by atoms with E-state index in [4.69, 9.17) is 0 Å². The van der Waals surface area contributed by atoms with Gasteiger partial charge in [-0.05, 0) is 49.9 Å². The van der Waals surface area contributed by atoms with Crippen LogP contribution in [0.25, 0.3) is 11.4 Å². The van der Waals surface area contributed by atoms with Crippen LogP contribution in [0.15, 0.2) is 29.4 Å². The van der Waals surface area contributed by atoms with E-state index in [9.17, 15) is 9.90 Å². The molecule has 2 heterocycles. The molecule has 1 fully saturated rings. The van der Waals surface area contributed by atoms with Gasteiger partial charge in [-0.3, -0.25) is 4.79 Å². The van der Waals surface area contributed by atoms with Crippen molar-refractivity contribution in [3.8, 4) is 17.1 Å². The first kappa shape index (κ1) is 17.8. The second kappa shape index (κ2) is 7.91. The number of aromatic nitrogens is 3. The van der Waals surface area contributed by atoms with Crippen molar-refractivity contribution in [2.24, 2.45) is 7.05 Å². The summed E-state index contributed by atoms with van der Waals surface area (Å²) in [6.45, 7) is 3.02. The molecule has 1 atom stereocenters. The van der Waals surface area contributed by atoms with Gasteiger partial charge in [0.2, 0.25) is 5.91 Å². The van der Waals surface area contributed by atoms with E-state index in [1.54, 1.807) is 24.3 Å². The molecule has 1 aliphatic rings. The number of phenolic OH excluding ortho intramolecular Hbond substituents is 1. The van der Waals surface area contributed by atoms with Gasteiger partial charge in [-0.1, -0.05) is 18.7 Å². The predicted molar refractivity (Wildman–Crippen MR) is 98.5 cm³/mol. The second-order valence-corrected chi connectivity index (χ2v) is 7.29. The zero-order valence-corrected chi connectivity index (χ0v) is 15.5. The molecule has 0 bridgehead atoms. The van der Waals surface area contributed by atoms with E-state index >= 15 is 0 Å². The number of thioether (sulfide) groups is 1. The zero-order valence-electron chi connectivity index (χ0n) is 14.7. The van der Waals surface area contributed by atoms with Crippen LogP contribution in [-0.4, -0.2) is 49.0 Å². The molecule has 6 nitrogen and oxygen atoms in total. The van der Waals surface area contributed by atoms with Gasteiger partial charge < -0.3 is 14.6 Å². The normalized spacial score (nSPS) is 17.7. The molecule has 2 aromatic rings. The Hall–Kier alpha value is -2.02. The van der Waals surface area contributed by atoms with Crippen LogP contribution in [0.2, 0.25) is 0 Å². The molecule has 1 aromatic carbocycles.